The number of hydrogen-bond acceptors (Lipinski definition) is 5. The molecule has 0 atom stereocenters. The van der Waals surface area contributed by atoms with Crippen LogP contribution in [0.3, 0.4) is 0 Å². The first-order valence-electron chi connectivity index (χ1n) is 8.77. The van der Waals surface area contributed by atoms with E-state index >= 15 is 0 Å². The van der Waals surface area contributed by atoms with E-state index < -0.39 is 0 Å². The number of hydrogen-bond donors (Lipinski definition) is 2. The molecule has 3 aromatic rings. The van der Waals surface area contributed by atoms with Crippen molar-refractivity contribution in [2.45, 2.75) is 19.4 Å². The smallest absolute Gasteiger partial charge is 0.225 e. The number of carbonyl (C=O) groups is 1. The molecule has 0 aliphatic carbocycles. The molecule has 0 aliphatic heterocycles. The third kappa shape index (κ3) is 5.81. The van der Waals surface area contributed by atoms with Gasteiger partial charge in [0.2, 0.25) is 5.91 Å². The summed E-state index contributed by atoms with van der Waals surface area (Å²) in [6.07, 6.45) is 1.10. The summed E-state index contributed by atoms with van der Waals surface area (Å²) in [5.74, 6) is 1.84. The van der Waals surface area contributed by atoms with Gasteiger partial charge in [0.25, 0.3) is 0 Å². The molecule has 1 aromatic heterocycles. The van der Waals surface area contributed by atoms with E-state index in [1.54, 1.807) is 19.2 Å². The zero-order chi connectivity index (χ0) is 18.9. The highest BCUT2D eigenvalue weighted by atomic mass is 16.5. The van der Waals surface area contributed by atoms with Gasteiger partial charge in [0.1, 0.15) is 11.6 Å². The second-order valence-corrected chi connectivity index (χ2v) is 6.04. The average molecular weight is 362 g/mol. The normalized spacial score (nSPS) is 10.3. The number of benzene rings is 2. The topological polar surface area (TPSA) is 76.1 Å². The number of anilines is 2. The van der Waals surface area contributed by atoms with E-state index in [9.17, 15) is 4.79 Å². The molecule has 0 radical (unpaired) electrons. The Labute approximate surface area is 158 Å². The highest BCUT2D eigenvalue weighted by Gasteiger charge is 2.05. The summed E-state index contributed by atoms with van der Waals surface area (Å²) in [5, 5.41) is 14.1. The number of methoxy groups -OCH3 is 1. The van der Waals surface area contributed by atoms with Crippen LogP contribution in [0.15, 0.2) is 66.7 Å². The molecular formula is C21H22N4O2. The van der Waals surface area contributed by atoms with Crippen molar-refractivity contribution < 1.29 is 9.53 Å². The van der Waals surface area contributed by atoms with Crippen LogP contribution in [-0.2, 0) is 17.8 Å². The first-order chi connectivity index (χ1) is 13.2. The molecule has 2 aromatic carbocycles. The molecule has 0 saturated carbocycles. The molecule has 0 aliphatic rings. The fraction of sp³-hybridized carbons (Fsp3) is 0.190. The molecule has 0 saturated heterocycles. The quantitative estimate of drug-likeness (QED) is 0.639. The standard InChI is InChI=1S/C21H22N4O2/c1-27-18-10-7-17(8-11-18)15-22-19-12-13-20(25-24-19)23-21(26)14-9-16-5-3-2-4-6-16/h2-8,10-13H,9,14-15H2,1H3,(H,22,24)(H,23,25,26). The molecule has 0 bridgehead atoms. The van der Waals surface area contributed by atoms with Crippen LogP contribution in [0, 0.1) is 0 Å². The van der Waals surface area contributed by atoms with Crippen molar-refractivity contribution in [3.63, 3.8) is 0 Å². The van der Waals surface area contributed by atoms with Gasteiger partial charge in [-0.05, 0) is 41.8 Å². The van der Waals surface area contributed by atoms with E-state index in [0.717, 1.165) is 16.9 Å². The monoisotopic (exact) mass is 362 g/mol. The number of aromatic nitrogens is 2. The molecule has 1 amide bonds. The van der Waals surface area contributed by atoms with Gasteiger partial charge in [-0.15, -0.1) is 10.2 Å². The molecule has 0 spiro atoms. The number of carbonyl (C=O) groups excluding carboxylic acids is 1. The Bertz CT molecular complexity index is 850. The van der Waals surface area contributed by atoms with E-state index in [1.807, 2.05) is 54.6 Å². The third-order valence-corrected chi connectivity index (χ3v) is 4.05. The van der Waals surface area contributed by atoms with E-state index in [1.165, 1.54) is 0 Å². The van der Waals surface area contributed by atoms with Gasteiger partial charge in [-0.25, -0.2) is 0 Å². The lowest BCUT2D eigenvalue weighted by Crippen LogP contribution is -2.14. The summed E-state index contributed by atoms with van der Waals surface area (Å²) in [5.41, 5.74) is 2.24. The van der Waals surface area contributed by atoms with Crippen molar-refractivity contribution in [2.24, 2.45) is 0 Å². The fourth-order valence-corrected chi connectivity index (χ4v) is 2.54. The molecular weight excluding hydrogens is 340 g/mol. The van der Waals surface area contributed by atoms with Gasteiger partial charge in [-0.3, -0.25) is 4.79 Å². The first kappa shape index (κ1) is 18.4. The highest BCUT2D eigenvalue weighted by molar-refractivity contribution is 5.89. The van der Waals surface area contributed by atoms with Crippen LogP contribution < -0.4 is 15.4 Å². The molecule has 3 rings (SSSR count). The Morgan fingerprint density at radius 2 is 1.59 bits per heavy atom. The number of amides is 1. The predicted octanol–water partition coefficient (Wildman–Crippen LogP) is 3.67. The van der Waals surface area contributed by atoms with Crippen LogP contribution in [0.25, 0.3) is 0 Å². The second-order valence-electron chi connectivity index (χ2n) is 6.04. The lowest BCUT2D eigenvalue weighted by atomic mass is 10.1. The Balaban J connectivity index is 1.45. The Morgan fingerprint density at radius 3 is 2.26 bits per heavy atom. The molecule has 6 nitrogen and oxygen atoms in total. The number of rotatable bonds is 8. The Morgan fingerprint density at radius 1 is 0.889 bits per heavy atom. The van der Waals surface area contributed by atoms with E-state index in [2.05, 4.69) is 20.8 Å². The van der Waals surface area contributed by atoms with Crippen LogP contribution in [0.2, 0.25) is 0 Å². The van der Waals surface area contributed by atoms with Crippen molar-refractivity contribution in [1.29, 1.82) is 0 Å². The van der Waals surface area contributed by atoms with Crippen molar-refractivity contribution in [1.82, 2.24) is 10.2 Å². The van der Waals surface area contributed by atoms with E-state index in [-0.39, 0.29) is 5.91 Å². The van der Waals surface area contributed by atoms with Crippen molar-refractivity contribution in [3.8, 4) is 5.75 Å². The zero-order valence-corrected chi connectivity index (χ0v) is 15.2. The maximum Gasteiger partial charge on any atom is 0.225 e. The van der Waals surface area contributed by atoms with Crippen LogP contribution in [-0.4, -0.2) is 23.2 Å². The van der Waals surface area contributed by atoms with E-state index in [0.29, 0.717) is 31.0 Å². The van der Waals surface area contributed by atoms with Crippen molar-refractivity contribution >= 4 is 17.5 Å². The van der Waals surface area contributed by atoms with Crippen molar-refractivity contribution in [3.05, 3.63) is 77.9 Å². The molecule has 27 heavy (non-hydrogen) atoms. The van der Waals surface area contributed by atoms with Gasteiger partial charge in [0, 0.05) is 13.0 Å². The molecule has 0 fully saturated rings. The summed E-state index contributed by atoms with van der Waals surface area (Å²) in [7, 11) is 1.64. The maximum atomic E-state index is 12.0. The van der Waals surface area contributed by atoms with Gasteiger partial charge < -0.3 is 15.4 Å². The van der Waals surface area contributed by atoms with Gasteiger partial charge in [0.15, 0.2) is 5.82 Å². The van der Waals surface area contributed by atoms with Gasteiger partial charge in [0.05, 0.1) is 7.11 Å². The fourth-order valence-electron chi connectivity index (χ4n) is 2.54. The molecule has 1 heterocycles. The van der Waals surface area contributed by atoms with Gasteiger partial charge in [-0.2, -0.15) is 0 Å². The lowest BCUT2D eigenvalue weighted by molar-refractivity contribution is -0.116. The number of nitrogens with one attached hydrogen (secondary N) is 2. The Kier molecular flexibility index (Phi) is 6.35. The summed E-state index contributed by atoms with van der Waals surface area (Å²) >= 11 is 0. The molecule has 6 heteroatoms. The molecule has 0 unspecified atom stereocenters. The minimum absolute atomic E-state index is 0.0768. The molecule has 138 valence electrons. The Hall–Kier alpha value is -3.41. The number of ether oxygens (including phenoxy) is 1. The van der Waals surface area contributed by atoms with Gasteiger partial charge in [-0.1, -0.05) is 42.5 Å². The summed E-state index contributed by atoms with van der Waals surface area (Å²) in [6, 6.07) is 21.3. The number of nitrogens with zero attached hydrogens (tertiary/aromatic N) is 2. The van der Waals surface area contributed by atoms with Crippen LogP contribution >= 0.6 is 0 Å². The van der Waals surface area contributed by atoms with Crippen LogP contribution in [0.5, 0.6) is 5.75 Å². The minimum atomic E-state index is -0.0768. The number of aryl methyl sites for hydroxylation is 1. The lowest BCUT2D eigenvalue weighted by Gasteiger charge is -2.07. The largest absolute Gasteiger partial charge is 0.497 e. The predicted molar refractivity (Wildman–Crippen MR) is 106 cm³/mol. The van der Waals surface area contributed by atoms with Crippen molar-refractivity contribution in [2.75, 3.05) is 17.7 Å². The third-order valence-electron chi connectivity index (χ3n) is 4.05. The highest BCUT2D eigenvalue weighted by Crippen LogP contribution is 2.13. The van der Waals surface area contributed by atoms with E-state index in [4.69, 9.17) is 4.74 Å². The maximum absolute atomic E-state index is 12.0. The second kappa shape index (κ2) is 9.33. The van der Waals surface area contributed by atoms with Crippen LogP contribution in [0.4, 0.5) is 11.6 Å². The van der Waals surface area contributed by atoms with Gasteiger partial charge >= 0.3 is 0 Å². The molecule has 2 N–H and O–H groups in total. The van der Waals surface area contributed by atoms with Crippen LogP contribution in [0.1, 0.15) is 17.5 Å². The SMILES string of the molecule is COc1ccc(CNc2ccc(NC(=O)CCc3ccccc3)nn2)cc1. The average Bonchev–Trinajstić information content (AvgIpc) is 2.73. The summed E-state index contributed by atoms with van der Waals surface area (Å²) in [6.45, 7) is 0.626. The first-order valence-corrected chi connectivity index (χ1v) is 8.77. The summed E-state index contributed by atoms with van der Waals surface area (Å²) in [4.78, 5) is 12.0. The zero-order valence-electron chi connectivity index (χ0n) is 15.2. The summed E-state index contributed by atoms with van der Waals surface area (Å²) < 4.78 is 5.14. The minimum Gasteiger partial charge on any atom is -0.497 e.